The SMILES string of the molecule is CCOc1cc(F)c(Cn2nc(C(=N)N)c(C)c2C2CC2)c(F)c1.Cl. The molecule has 3 rings (SSSR count). The van der Waals surface area contributed by atoms with Crippen molar-refractivity contribution in [3.05, 3.63) is 46.3 Å². The average Bonchev–Trinajstić information content (AvgIpc) is 3.27. The molecule has 8 heteroatoms. The van der Waals surface area contributed by atoms with Crippen molar-refractivity contribution < 1.29 is 13.5 Å². The normalized spacial score (nSPS) is 13.4. The maximum Gasteiger partial charge on any atom is 0.144 e. The van der Waals surface area contributed by atoms with Crippen molar-refractivity contribution in [1.82, 2.24) is 9.78 Å². The van der Waals surface area contributed by atoms with E-state index >= 15 is 0 Å². The molecule has 25 heavy (non-hydrogen) atoms. The lowest BCUT2D eigenvalue weighted by atomic mass is 10.1. The molecule has 1 aromatic carbocycles. The molecule has 2 aromatic rings. The van der Waals surface area contributed by atoms with Gasteiger partial charge in [0.05, 0.1) is 13.2 Å². The van der Waals surface area contributed by atoms with Crippen LogP contribution in [-0.2, 0) is 6.54 Å². The minimum atomic E-state index is -0.669. The zero-order valence-electron chi connectivity index (χ0n) is 14.1. The predicted molar refractivity (Wildman–Crippen MR) is 93.8 cm³/mol. The molecule has 1 fully saturated rings. The summed E-state index contributed by atoms with van der Waals surface area (Å²) in [5.74, 6) is -0.990. The summed E-state index contributed by atoms with van der Waals surface area (Å²) in [6, 6.07) is 2.36. The third-order valence-electron chi connectivity index (χ3n) is 4.19. The van der Waals surface area contributed by atoms with E-state index in [4.69, 9.17) is 15.9 Å². The van der Waals surface area contributed by atoms with E-state index in [0.717, 1.165) is 24.1 Å². The Morgan fingerprint density at radius 2 is 1.96 bits per heavy atom. The number of halogens is 3. The molecule has 3 N–H and O–H groups in total. The molecule has 1 aromatic heterocycles. The Hall–Kier alpha value is -2.15. The highest BCUT2D eigenvalue weighted by Gasteiger charge is 2.32. The Morgan fingerprint density at radius 1 is 1.36 bits per heavy atom. The Morgan fingerprint density at radius 3 is 2.44 bits per heavy atom. The van der Waals surface area contributed by atoms with Gasteiger partial charge in [-0.2, -0.15) is 5.10 Å². The van der Waals surface area contributed by atoms with Crippen molar-refractivity contribution >= 4 is 18.2 Å². The molecule has 136 valence electrons. The second-order valence-corrected chi connectivity index (χ2v) is 6.00. The van der Waals surface area contributed by atoms with Gasteiger partial charge in [0.1, 0.15) is 28.9 Å². The third kappa shape index (κ3) is 3.76. The molecule has 0 atom stereocenters. The van der Waals surface area contributed by atoms with Crippen molar-refractivity contribution in [1.29, 1.82) is 5.41 Å². The maximum atomic E-state index is 14.3. The molecular weight excluding hydrogens is 350 g/mol. The number of ether oxygens (including phenoxy) is 1. The highest BCUT2D eigenvalue weighted by Crippen LogP contribution is 2.42. The maximum absolute atomic E-state index is 14.3. The van der Waals surface area contributed by atoms with E-state index in [1.165, 1.54) is 12.1 Å². The van der Waals surface area contributed by atoms with Crippen molar-refractivity contribution in [2.75, 3.05) is 6.61 Å². The van der Waals surface area contributed by atoms with Gasteiger partial charge in [-0.1, -0.05) is 0 Å². The van der Waals surface area contributed by atoms with Crippen LogP contribution < -0.4 is 10.5 Å². The number of aromatic nitrogens is 2. The van der Waals surface area contributed by atoms with Gasteiger partial charge in [-0.3, -0.25) is 10.1 Å². The zero-order chi connectivity index (χ0) is 17.4. The molecule has 0 amide bonds. The summed E-state index contributed by atoms with van der Waals surface area (Å²) in [6.45, 7) is 3.90. The quantitative estimate of drug-likeness (QED) is 0.603. The number of nitrogens with zero attached hydrogens (tertiary/aromatic N) is 2. The van der Waals surface area contributed by atoms with Gasteiger partial charge in [0, 0.05) is 34.9 Å². The van der Waals surface area contributed by atoms with Gasteiger partial charge >= 0.3 is 0 Å². The molecule has 1 aliphatic carbocycles. The molecule has 0 radical (unpaired) electrons. The zero-order valence-corrected chi connectivity index (χ0v) is 14.9. The highest BCUT2D eigenvalue weighted by molar-refractivity contribution is 5.94. The van der Waals surface area contributed by atoms with Gasteiger partial charge in [0.2, 0.25) is 0 Å². The summed E-state index contributed by atoms with van der Waals surface area (Å²) in [7, 11) is 0. The number of hydrogen-bond acceptors (Lipinski definition) is 3. The van der Waals surface area contributed by atoms with Crippen LogP contribution in [0.15, 0.2) is 12.1 Å². The standard InChI is InChI=1S/C17H20F2N4O.ClH/c1-3-24-11-6-13(18)12(14(19)7-11)8-23-16(10-4-5-10)9(2)15(22-23)17(20)21;/h6-7,10H,3-5,8H2,1-2H3,(H3,20,21);1H. The number of amidine groups is 1. The summed E-state index contributed by atoms with van der Waals surface area (Å²) in [5.41, 5.74) is 7.60. The Bertz CT molecular complexity index is 779. The fourth-order valence-electron chi connectivity index (χ4n) is 2.95. The summed E-state index contributed by atoms with van der Waals surface area (Å²) < 4.78 is 35.3. The third-order valence-corrected chi connectivity index (χ3v) is 4.19. The number of nitrogens with one attached hydrogen (secondary N) is 1. The van der Waals surface area contributed by atoms with E-state index in [0.29, 0.717) is 18.2 Å². The van der Waals surface area contributed by atoms with Gasteiger partial charge in [-0.25, -0.2) is 8.78 Å². The lowest BCUT2D eigenvalue weighted by molar-refractivity contribution is 0.335. The van der Waals surface area contributed by atoms with E-state index in [-0.39, 0.29) is 36.1 Å². The van der Waals surface area contributed by atoms with Crippen LogP contribution in [0.25, 0.3) is 0 Å². The predicted octanol–water partition coefficient (Wildman–Crippen LogP) is 3.50. The van der Waals surface area contributed by atoms with E-state index in [9.17, 15) is 8.78 Å². The molecule has 1 aliphatic rings. The van der Waals surface area contributed by atoms with E-state index in [2.05, 4.69) is 5.10 Å². The van der Waals surface area contributed by atoms with Crippen LogP contribution in [-0.4, -0.2) is 22.2 Å². The van der Waals surface area contributed by atoms with Crippen molar-refractivity contribution in [2.45, 2.75) is 39.2 Å². The van der Waals surface area contributed by atoms with Crippen molar-refractivity contribution in [3.63, 3.8) is 0 Å². The largest absolute Gasteiger partial charge is 0.494 e. The number of hydrogen-bond donors (Lipinski definition) is 2. The molecule has 1 saturated carbocycles. The van der Waals surface area contributed by atoms with Gasteiger partial charge in [0.25, 0.3) is 0 Å². The van der Waals surface area contributed by atoms with Crippen LogP contribution >= 0.6 is 12.4 Å². The molecule has 5 nitrogen and oxygen atoms in total. The second kappa shape index (κ2) is 7.39. The Kier molecular flexibility index (Phi) is 5.67. The molecule has 0 spiro atoms. The fourth-order valence-corrected chi connectivity index (χ4v) is 2.95. The Labute approximate surface area is 151 Å². The highest BCUT2D eigenvalue weighted by atomic mass is 35.5. The second-order valence-electron chi connectivity index (χ2n) is 6.00. The van der Waals surface area contributed by atoms with Crippen molar-refractivity contribution in [3.8, 4) is 5.75 Å². The van der Waals surface area contributed by atoms with Crippen LogP contribution in [0.5, 0.6) is 5.75 Å². The van der Waals surface area contributed by atoms with E-state index in [1.807, 2.05) is 6.92 Å². The molecule has 0 bridgehead atoms. The first-order valence-electron chi connectivity index (χ1n) is 7.94. The first-order chi connectivity index (χ1) is 11.4. The average molecular weight is 371 g/mol. The topological polar surface area (TPSA) is 76.9 Å². The van der Waals surface area contributed by atoms with E-state index in [1.54, 1.807) is 11.6 Å². The minimum Gasteiger partial charge on any atom is -0.494 e. The smallest absolute Gasteiger partial charge is 0.144 e. The summed E-state index contributed by atoms with van der Waals surface area (Å²) >= 11 is 0. The Balaban J connectivity index is 0.00000225. The molecule has 0 aliphatic heterocycles. The molecule has 0 unspecified atom stereocenters. The number of nitrogens with two attached hydrogens (primary N) is 1. The lowest BCUT2D eigenvalue weighted by Gasteiger charge is -2.11. The monoisotopic (exact) mass is 370 g/mol. The van der Waals surface area contributed by atoms with Gasteiger partial charge in [0.15, 0.2) is 0 Å². The van der Waals surface area contributed by atoms with Crippen LogP contribution in [0.1, 0.15) is 48.2 Å². The van der Waals surface area contributed by atoms with Crippen LogP contribution in [0.4, 0.5) is 8.78 Å². The summed E-state index contributed by atoms with van der Waals surface area (Å²) in [6.07, 6.45) is 2.02. The van der Waals surface area contributed by atoms with Crippen LogP contribution in [0, 0.1) is 24.0 Å². The molecule has 1 heterocycles. The lowest BCUT2D eigenvalue weighted by Crippen LogP contribution is -2.14. The van der Waals surface area contributed by atoms with Gasteiger partial charge in [-0.15, -0.1) is 12.4 Å². The van der Waals surface area contributed by atoms with Gasteiger partial charge in [-0.05, 0) is 26.7 Å². The molecular formula is C17H21ClF2N4O. The van der Waals surface area contributed by atoms with E-state index < -0.39 is 11.6 Å². The van der Waals surface area contributed by atoms with Crippen LogP contribution in [0.2, 0.25) is 0 Å². The summed E-state index contributed by atoms with van der Waals surface area (Å²) in [4.78, 5) is 0. The van der Waals surface area contributed by atoms with Crippen LogP contribution in [0.3, 0.4) is 0 Å². The summed E-state index contributed by atoms with van der Waals surface area (Å²) in [5, 5.41) is 11.9. The number of nitrogen functional groups attached to an aromatic ring is 1. The number of rotatable bonds is 6. The first-order valence-corrected chi connectivity index (χ1v) is 7.94. The number of benzene rings is 1. The fraction of sp³-hybridized carbons (Fsp3) is 0.412. The first kappa shape index (κ1) is 19.2. The van der Waals surface area contributed by atoms with Gasteiger partial charge < -0.3 is 10.5 Å². The molecule has 0 saturated heterocycles. The van der Waals surface area contributed by atoms with Crippen molar-refractivity contribution in [2.24, 2.45) is 5.73 Å². The minimum absolute atomic E-state index is 0.